The van der Waals surface area contributed by atoms with E-state index in [1.807, 2.05) is 12.1 Å². The summed E-state index contributed by atoms with van der Waals surface area (Å²) in [5, 5.41) is 10.2. The molecule has 0 spiro atoms. The summed E-state index contributed by atoms with van der Waals surface area (Å²) in [7, 11) is 0. The molecule has 0 aliphatic rings. The number of anilines is 1. The molecule has 108 valence electrons. The lowest BCUT2D eigenvalue weighted by molar-refractivity contribution is 0.455. The van der Waals surface area contributed by atoms with Gasteiger partial charge in [-0.3, -0.25) is 0 Å². The summed E-state index contributed by atoms with van der Waals surface area (Å²) in [5.41, 5.74) is 8.08. The van der Waals surface area contributed by atoms with Crippen LogP contribution < -0.4 is 10.6 Å². The van der Waals surface area contributed by atoms with Crippen LogP contribution in [0.2, 0.25) is 0 Å². The molecule has 1 aromatic carbocycles. The summed E-state index contributed by atoms with van der Waals surface area (Å²) < 4.78 is 0. The minimum absolute atomic E-state index is 0.0581. The van der Waals surface area contributed by atoms with Crippen molar-refractivity contribution < 1.29 is 5.11 Å². The van der Waals surface area contributed by atoms with Crippen LogP contribution >= 0.6 is 0 Å². The molecule has 0 saturated heterocycles. The van der Waals surface area contributed by atoms with E-state index in [1.165, 1.54) is 12.8 Å². The Balaban J connectivity index is 2.76. The van der Waals surface area contributed by atoms with E-state index in [1.54, 1.807) is 0 Å². The second kappa shape index (κ2) is 8.05. The molecular formula is C16H28N2O. The van der Waals surface area contributed by atoms with Gasteiger partial charge in [0, 0.05) is 36.4 Å². The number of phenols is 1. The number of hydrogen-bond donors (Lipinski definition) is 2. The van der Waals surface area contributed by atoms with Crippen LogP contribution in [0.15, 0.2) is 18.2 Å². The maximum Gasteiger partial charge on any atom is 0.122 e. The van der Waals surface area contributed by atoms with Crippen LogP contribution in [0.25, 0.3) is 0 Å². The van der Waals surface area contributed by atoms with Crippen LogP contribution in [0.5, 0.6) is 5.75 Å². The fourth-order valence-corrected chi connectivity index (χ4v) is 2.40. The smallest absolute Gasteiger partial charge is 0.122 e. The average molecular weight is 264 g/mol. The second-order valence-corrected chi connectivity index (χ2v) is 5.02. The van der Waals surface area contributed by atoms with E-state index in [0.717, 1.165) is 37.2 Å². The Bertz CT molecular complexity index is 375. The SMILES string of the molecule is CCCCC[C@H](N)c1ccc(N(CC)CC)cc1O. The highest BCUT2D eigenvalue weighted by Gasteiger charge is 2.12. The highest BCUT2D eigenvalue weighted by atomic mass is 16.3. The van der Waals surface area contributed by atoms with Crippen molar-refractivity contribution in [2.45, 2.75) is 52.5 Å². The predicted octanol–water partition coefficient (Wildman–Crippen LogP) is 3.82. The molecule has 0 aromatic heterocycles. The third-order valence-electron chi connectivity index (χ3n) is 3.66. The zero-order valence-electron chi connectivity index (χ0n) is 12.5. The molecule has 1 rings (SSSR count). The number of hydrogen-bond acceptors (Lipinski definition) is 3. The summed E-state index contributed by atoms with van der Waals surface area (Å²) in [4.78, 5) is 2.21. The molecule has 3 heteroatoms. The van der Waals surface area contributed by atoms with Crippen molar-refractivity contribution in [1.29, 1.82) is 0 Å². The van der Waals surface area contributed by atoms with Crippen LogP contribution in [-0.4, -0.2) is 18.2 Å². The minimum atomic E-state index is -0.0581. The van der Waals surface area contributed by atoms with Gasteiger partial charge in [0.1, 0.15) is 5.75 Å². The van der Waals surface area contributed by atoms with E-state index >= 15 is 0 Å². The van der Waals surface area contributed by atoms with Gasteiger partial charge in [-0.15, -0.1) is 0 Å². The molecule has 1 atom stereocenters. The number of phenolic OH excluding ortho intramolecular Hbond substituents is 1. The number of nitrogens with two attached hydrogens (primary N) is 1. The Morgan fingerprint density at radius 2 is 1.84 bits per heavy atom. The van der Waals surface area contributed by atoms with Gasteiger partial charge in [0.2, 0.25) is 0 Å². The molecule has 0 radical (unpaired) electrons. The first-order chi connectivity index (χ1) is 9.13. The van der Waals surface area contributed by atoms with Crippen LogP contribution in [0.4, 0.5) is 5.69 Å². The van der Waals surface area contributed by atoms with Crippen molar-refractivity contribution in [1.82, 2.24) is 0 Å². The Morgan fingerprint density at radius 1 is 1.16 bits per heavy atom. The Morgan fingerprint density at radius 3 is 2.37 bits per heavy atom. The molecule has 19 heavy (non-hydrogen) atoms. The summed E-state index contributed by atoms with van der Waals surface area (Å²) >= 11 is 0. The number of aromatic hydroxyl groups is 1. The van der Waals surface area contributed by atoms with Gasteiger partial charge in [-0.1, -0.05) is 32.3 Å². The highest BCUT2D eigenvalue weighted by Crippen LogP contribution is 2.30. The van der Waals surface area contributed by atoms with Crippen LogP contribution in [0.3, 0.4) is 0 Å². The molecule has 0 aliphatic carbocycles. The topological polar surface area (TPSA) is 49.5 Å². The van der Waals surface area contributed by atoms with E-state index in [2.05, 4.69) is 31.7 Å². The molecule has 3 N–H and O–H groups in total. The number of rotatable bonds is 8. The quantitative estimate of drug-likeness (QED) is 0.702. The minimum Gasteiger partial charge on any atom is -0.508 e. The molecule has 0 amide bonds. The average Bonchev–Trinajstić information content (AvgIpc) is 2.40. The van der Waals surface area contributed by atoms with Crippen LogP contribution in [0, 0.1) is 0 Å². The van der Waals surface area contributed by atoms with Crippen molar-refractivity contribution in [2.24, 2.45) is 5.73 Å². The van der Waals surface area contributed by atoms with Crippen molar-refractivity contribution in [2.75, 3.05) is 18.0 Å². The lowest BCUT2D eigenvalue weighted by atomic mass is 10.00. The Labute approximate surface area is 117 Å². The maximum absolute atomic E-state index is 10.2. The molecule has 0 aliphatic heterocycles. The van der Waals surface area contributed by atoms with Gasteiger partial charge < -0.3 is 15.7 Å². The van der Waals surface area contributed by atoms with Gasteiger partial charge >= 0.3 is 0 Å². The fraction of sp³-hybridized carbons (Fsp3) is 0.625. The fourth-order valence-electron chi connectivity index (χ4n) is 2.40. The summed E-state index contributed by atoms with van der Waals surface area (Å²) in [6.07, 6.45) is 4.45. The maximum atomic E-state index is 10.2. The monoisotopic (exact) mass is 264 g/mol. The standard InChI is InChI=1S/C16H28N2O/c1-4-7-8-9-15(17)14-11-10-13(12-16(14)19)18(5-2)6-3/h10-12,15,19H,4-9,17H2,1-3H3/t15-/m0/s1. The van der Waals surface area contributed by atoms with Crippen molar-refractivity contribution in [3.63, 3.8) is 0 Å². The zero-order valence-corrected chi connectivity index (χ0v) is 12.5. The normalized spacial score (nSPS) is 12.4. The van der Waals surface area contributed by atoms with E-state index in [9.17, 15) is 5.11 Å². The number of benzene rings is 1. The first-order valence-corrected chi connectivity index (χ1v) is 7.47. The lowest BCUT2D eigenvalue weighted by Crippen LogP contribution is -2.21. The second-order valence-electron chi connectivity index (χ2n) is 5.02. The molecule has 0 heterocycles. The van der Waals surface area contributed by atoms with Gasteiger partial charge in [0.05, 0.1) is 0 Å². The third-order valence-corrected chi connectivity index (χ3v) is 3.66. The Hall–Kier alpha value is -1.22. The first-order valence-electron chi connectivity index (χ1n) is 7.47. The van der Waals surface area contributed by atoms with Crippen LogP contribution in [0.1, 0.15) is 58.1 Å². The van der Waals surface area contributed by atoms with E-state index in [-0.39, 0.29) is 6.04 Å². The lowest BCUT2D eigenvalue weighted by Gasteiger charge is -2.22. The van der Waals surface area contributed by atoms with E-state index < -0.39 is 0 Å². The number of unbranched alkanes of at least 4 members (excludes halogenated alkanes) is 2. The van der Waals surface area contributed by atoms with Crippen molar-refractivity contribution in [3.05, 3.63) is 23.8 Å². The zero-order chi connectivity index (χ0) is 14.3. The van der Waals surface area contributed by atoms with Crippen molar-refractivity contribution >= 4 is 5.69 Å². The van der Waals surface area contributed by atoms with Crippen molar-refractivity contribution in [3.8, 4) is 5.75 Å². The van der Waals surface area contributed by atoms with Gasteiger partial charge in [-0.25, -0.2) is 0 Å². The molecular weight excluding hydrogens is 236 g/mol. The first kappa shape index (κ1) is 15.8. The molecule has 0 fully saturated rings. The van der Waals surface area contributed by atoms with Gasteiger partial charge in [0.15, 0.2) is 0 Å². The largest absolute Gasteiger partial charge is 0.508 e. The molecule has 0 saturated carbocycles. The summed E-state index contributed by atoms with van der Waals surface area (Å²) in [5.74, 6) is 0.327. The number of nitrogens with zero attached hydrogens (tertiary/aromatic N) is 1. The summed E-state index contributed by atoms with van der Waals surface area (Å²) in [6.45, 7) is 8.30. The summed E-state index contributed by atoms with van der Waals surface area (Å²) in [6, 6.07) is 5.81. The van der Waals surface area contributed by atoms with Gasteiger partial charge in [0.25, 0.3) is 0 Å². The van der Waals surface area contributed by atoms with E-state index in [0.29, 0.717) is 5.75 Å². The van der Waals surface area contributed by atoms with Gasteiger partial charge in [-0.05, 0) is 26.3 Å². The van der Waals surface area contributed by atoms with E-state index in [4.69, 9.17) is 5.73 Å². The predicted molar refractivity (Wildman–Crippen MR) is 82.7 cm³/mol. The molecule has 3 nitrogen and oxygen atoms in total. The van der Waals surface area contributed by atoms with Gasteiger partial charge in [-0.2, -0.15) is 0 Å². The molecule has 1 aromatic rings. The molecule has 0 bridgehead atoms. The third kappa shape index (κ3) is 4.43. The highest BCUT2D eigenvalue weighted by molar-refractivity contribution is 5.53. The Kier molecular flexibility index (Phi) is 6.71. The van der Waals surface area contributed by atoms with Crippen LogP contribution in [-0.2, 0) is 0 Å². The molecule has 0 unspecified atom stereocenters.